The minimum atomic E-state index is -0.663. The van der Waals surface area contributed by atoms with E-state index in [9.17, 15) is 19.1 Å². The normalized spacial score (nSPS) is 12.4. The second-order valence-corrected chi connectivity index (χ2v) is 8.57. The van der Waals surface area contributed by atoms with Crippen molar-refractivity contribution < 1.29 is 14.2 Å². The quantitative estimate of drug-likeness (QED) is 0.432. The van der Waals surface area contributed by atoms with Crippen LogP contribution < -0.4 is 15.9 Å². The van der Waals surface area contributed by atoms with Crippen LogP contribution in [0.1, 0.15) is 36.6 Å². The van der Waals surface area contributed by atoms with Crippen molar-refractivity contribution in [2.45, 2.75) is 33.2 Å². The highest BCUT2D eigenvalue weighted by atomic mass is 19.1. The molecule has 0 aliphatic heterocycles. The Morgan fingerprint density at radius 3 is 2.59 bits per heavy atom. The van der Waals surface area contributed by atoms with Gasteiger partial charge >= 0.3 is 5.69 Å². The summed E-state index contributed by atoms with van der Waals surface area (Å²) in [5.41, 5.74) is 0.997. The number of benzene rings is 2. The number of methoxy groups -OCH3 is 1. The molecule has 0 aliphatic carbocycles. The van der Waals surface area contributed by atoms with Crippen molar-refractivity contribution in [2.75, 3.05) is 13.7 Å². The van der Waals surface area contributed by atoms with E-state index in [4.69, 9.17) is 4.74 Å². The molecule has 0 unspecified atom stereocenters. The van der Waals surface area contributed by atoms with Gasteiger partial charge in [0.1, 0.15) is 17.3 Å². The second-order valence-electron chi connectivity index (χ2n) is 8.57. The molecule has 0 fully saturated rings. The lowest BCUT2D eigenvalue weighted by atomic mass is 9.98. The smallest absolute Gasteiger partial charge is 0.366 e. The highest BCUT2D eigenvalue weighted by Crippen LogP contribution is 2.31. The van der Waals surface area contributed by atoms with Gasteiger partial charge in [0.2, 0.25) is 5.43 Å². The van der Waals surface area contributed by atoms with Crippen LogP contribution in [0.3, 0.4) is 0 Å². The zero-order valence-electron chi connectivity index (χ0n) is 19.4. The van der Waals surface area contributed by atoms with Crippen molar-refractivity contribution in [3.05, 3.63) is 79.7 Å². The number of hydrogen-bond donors (Lipinski definition) is 2. The third-order valence-electron chi connectivity index (χ3n) is 6.08. The molecule has 2 heterocycles. The van der Waals surface area contributed by atoms with Crippen LogP contribution >= 0.6 is 0 Å². The van der Waals surface area contributed by atoms with Crippen molar-refractivity contribution >= 4 is 10.9 Å². The van der Waals surface area contributed by atoms with Crippen molar-refractivity contribution in [1.29, 1.82) is 0 Å². The lowest BCUT2D eigenvalue weighted by Crippen LogP contribution is -2.28. The van der Waals surface area contributed by atoms with Gasteiger partial charge < -0.3 is 14.4 Å². The molecule has 10 heteroatoms. The van der Waals surface area contributed by atoms with Gasteiger partial charge in [-0.3, -0.25) is 4.79 Å². The summed E-state index contributed by atoms with van der Waals surface area (Å²) >= 11 is 0. The van der Waals surface area contributed by atoms with Crippen LogP contribution in [0.25, 0.3) is 16.6 Å². The molecule has 2 aromatic heterocycles. The highest BCUT2D eigenvalue weighted by molar-refractivity contribution is 5.84. The summed E-state index contributed by atoms with van der Waals surface area (Å²) in [5, 5.41) is 19.8. The molecule has 2 aromatic carbocycles. The first-order valence-corrected chi connectivity index (χ1v) is 10.9. The van der Waals surface area contributed by atoms with E-state index >= 15 is 0 Å². The molecule has 1 atom stereocenters. The van der Waals surface area contributed by atoms with Crippen LogP contribution in [0, 0.1) is 18.7 Å². The zero-order valence-corrected chi connectivity index (χ0v) is 19.4. The van der Waals surface area contributed by atoms with Gasteiger partial charge in [-0.2, -0.15) is 4.68 Å². The maximum absolute atomic E-state index is 14.7. The molecule has 0 saturated heterocycles. The predicted molar refractivity (Wildman–Crippen MR) is 125 cm³/mol. The van der Waals surface area contributed by atoms with Gasteiger partial charge in [0.25, 0.3) is 0 Å². The van der Waals surface area contributed by atoms with Gasteiger partial charge in [0.15, 0.2) is 0 Å². The number of aliphatic hydroxyl groups excluding tert-OH is 1. The molecule has 4 rings (SSSR count). The van der Waals surface area contributed by atoms with E-state index in [-0.39, 0.29) is 35.8 Å². The third-order valence-corrected chi connectivity index (χ3v) is 6.08. The number of tetrazole rings is 1. The molecule has 0 saturated carbocycles. The largest absolute Gasteiger partial charge is 0.496 e. The molecular weight excluding hydrogens is 441 g/mol. The Kier molecular flexibility index (Phi) is 6.34. The molecular formula is C24H26FN5O4. The Morgan fingerprint density at radius 1 is 1.21 bits per heavy atom. The van der Waals surface area contributed by atoms with Crippen LogP contribution in [-0.2, 0) is 6.42 Å². The summed E-state index contributed by atoms with van der Waals surface area (Å²) in [6.07, 6.45) is 1.70. The first-order chi connectivity index (χ1) is 16.3. The van der Waals surface area contributed by atoms with Gasteiger partial charge in [0, 0.05) is 24.1 Å². The van der Waals surface area contributed by atoms with E-state index in [0.29, 0.717) is 28.0 Å². The molecule has 178 valence electrons. The SMILES string of the molecule is COc1cc2c(cc1Cc1cccc(C)c1F)c(=O)c(-n1nn[nH]c1=O)cn2[C@H](CO)C(C)C. The molecule has 0 amide bonds. The molecule has 34 heavy (non-hydrogen) atoms. The molecule has 2 N–H and O–H groups in total. The van der Waals surface area contributed by atoms with Crippen LogP contribution in [-0.4, -0.2) is 43.6 Å². The number of ether oxygens (including phenoxy) is 1. The molecule has 4 aromatic rings. The number of aliphatic hydroxyl groups is 1. The summed E-state index contributed by atoms with van der Waals surface area (Å²) < 4.78 is 23.0. The van der Waals surface area contributed by atoms with E-state index in [1.54, 1.807) is 41.8 Å². The van der Waals surface area contributed by atoms with E-state index in [1.807, 2.05) is 13.8 Å². The number of aromatic nitrogens is 5. The predicted octanol–water partition coefficient (Wildman–Crippen LogP) is 2.51. The van der Waals surface area contributed by atoms with Gasteiger partial charge in [-0.05, 0) is 46.0 Å². The zero-order chi connectivity index (χ0) is 24.6. The molecule has 0 aliphatic rings. The van der Waals surface area contributed by atoms with E-state index in [1.165, 1.54) is 13.3 Å². The lowest BCUT2D eigenvalue weighted by Gasteiger charge is -2.25. The number of H-pyrrole nitrogens is 1. The summed E-state index contributed by atoms with van der Waals surface area (Å²) in [6.45, 7) is 5.39. The third kappa shape index (κ3) is 4.01. The van der Waals surface area contributed by atoms with Crippen LogP contribution in [0.4, 0.5) is 4.39 Å². The number of hydrogen-bond acceptors (Lipinski definition) is 6. The van der Waals surface area contributed by atoms with Crippen molar-refractivity contribution in [2.24, 2.45) is 5.92 Å². The molecule has 0 spiro atoms. The van der Waals surface area contributed by atoms with Gasteiger partial charge in [-0.1, -0.05) is 32.0 Å². The second kappa shape index (κ2) is 9.22. The van der Waals surface area contributed by atoms with Crippen LogP contribution in [0.5, 0.6) is 5.75 Å². The number of rotatable bonds is 7. The number of aryl methyl sites for hydroxylation is 1. The fourth-order valence-corrected chi connectivity index (χ4v) is 4.19. The first kappa shape index (κ1) is 23.4. The first-order valence-electron chi connectivity index (χ1n) is 10.9. The monoisotopic (exact) mass is 467 g/mol. The van der Waals surface area contributed by atoms with Crippen molar-refractivity contribution in [3.63, 3.8) is 0 Å². The number of aromatic amines is 1. The lowest BCUT2D eigenvalue weighted by molar-refractivity contribution is 0.196. The number of nitrogens with one attached hydrogen (secondary N) is 1. The molecule has 0 radical (unpaired) electrons. The Balaban J connectivity index is 2.03. The van der Waals surface area contributed by atoms with Crippen molar-refractivity contribution in [1.82, 2.24) is 24.8 Å². The number of pyridine rings is 1. The Hall–Kier alpha value is -3.79. The molecule has 9 nitrogen and oxygen atoms in total. The minimum Gasteiger partial charge on any atom is -0.496 e. The highest BCUT2D eigenvalue weighted by Gasteiger charge is 2.22. The standard InChI is InChI=1S/C24H26FN5O4/c1-13(2)20(12-31)29-11-19(30-24(33)26-27-28-30)23(32)17-9-16(21(34-4)10-18(17)29)8-15-7-5-6-14(3)22(15)25/h5-7,9-11,13,20,31H,8,12H2,1-4H3,(H,26,28,33)/t20-/m1/s1. The van der Waals surface area contributed by atoms with Gasteiger partial charge in [0.05, 0.1) is 25.3 Å². The number of nitrogens with zero attached hydrogens (tertiary/aromatic N) is 4. The van der Waals surface area contributed by atoms with Crippen LogP contribution in [0.15, 0.2) is 46.1 Å². The van der Waals surface area contributed by atoms with Gasteiger partial charge in [-0.25, -0.2) is 14.3 Å². The summed E-state index contributed by atoms with van der Waals surface area (Å²) in [7, 11) is 1.51. The Labute approximate surface area is 194 Å². The average Bonchev–Trinajstić information content (AvgIpc) is 3.24. The van der Waals surface area contributed by atoms with Crippen LogP contribution in [0.2, 0.25) is 0 Å². The van der Waals surface area contributed by atoms with E-state index in [0.717, 1.165) is 4.68 Å². The summed E-state index contributed by atoms with van der Waals surface area (Å²) in [5.74, 6) is 0.170. The molecule has 0 bridgehead atoms. The van der Waals surface area contributed by atoms with Crippen molar-refractivity contribution in [3.8, 4) is 11.4 Å². The number of fused-ring (bicyclic) bond motifs is 1. The van der Waals surface area contributed by atoms with Gasteiger partial charge in [-0.15, -0.1) is 0 Å². The fraction of sp³-hybridized carbons (Fsp3) is 0.333. The fourth-order valence-electron chi connectivity index (χ4n) is 4.19. The maximum atomic E-state index is 14.7. The Morgan fingerprint density at radius 2 is 1.97 bits per heavy atom. The topological polar surface area (TPSA) is 115 Å². The summed E-state index contributed by atoms with van der Waals surface area (Å²) in [6, 6.07) is 8.12. The summed E-state index contributed by atoms with van der Waals surface area (Å²) in [4.78, 5) is 25.7. The number of halogens is 1. The average molecular weight is 468 g/mol. The maximum Gasteiger partial charge on any atom is 0.366 e. The minimum absolute atomic E-state index is 0.00430. The van der Waals surface area contributed by atoms with E-state index < -0.39 is 17.2 Å². The Bertz CT molecular complexity index is 1470. The van der Waals surface area contributed by atoms with E-state index in [2.05, 4.69) is 15.5 Å².